The maximum Gasteiger partial charge on any atom is 0.326 e. The van der Waals surface area contributed by atoms with Crippen LogP contribution in [-0.4, -0.2) is 80.3 Å². The molecule has 9 N–H and O–H groups in total. The fourth-order valence-electron chi connectivity index (χ4n) is 5.95. The third kappa shape index (κ3) is 7.15. The molecule has 13 nitrogen and oxygen atoms in total. The molecule has 3 heterocycles. The highest BCUT2D eigenvalue weighted by molar-refractivity contribution is 5.95. The topological polar surface area (TPSA) is 216 Å². The number of nitrogens with two attached hydrogens (primary N) is 2. The molecule has 0 saturated carbocycles. The van der Waals surface area contributed by atoms with Crippen LogP contribution in [0, 0.1) is 0 Å². The SMILES string of the molecule is NC(=O)CCC(NC(=O)C(Cc1c[nH]c2ccccc12)NC(=O)C1CCCN1C(=O)C(N)Cc1c[nH]c2ccccc12)C(=O)O. The van der Waals surface area contributed by atoms with Crippen molar-refractivity contribution in [1.29, 1.82) is 0 Å². The van der Waals surface area contributed by atoms with E-state index in [0.29, 0.717) is 19.4 Å². The molecule has 1 aliphatic heterocycles. The van der Waals surface area contributed by atoms with E-state index >= 15 is 0 Å². The first kappa shape index (κ1) is 31.3. The van der Waals surface area contributed by atoms with Gasteiger partial charge in [-0.3, -0.25) is 19.2 Å². The zero-order valence-corrected chi connectivity index (χ0v) is 24.6. The lowest BCUT2D eigenvalue weighted by atomic mass is 10.0. The molecule has 0 aliphatic carbocycles. The number of nitrogens with one attached hydrogen (secondary N) is 4. The number of primary amides is 1. The molecule has 1 fully saturated rings. The van der Waals surface area contributed by atoms with Gasteiger partial charge in [-0.05, 0) is 48.9 Å². The van der Waals surface area contributed by atoms with Gasteiger partial charge in [0.05, 0.1) is 6.04 Å². The number of amides is 4. The van der Waals surface area contributed by atoms with Crippen LogP contribution in [0.1, 0.15) is 36.8 Å². The maximum atomic E-state index is 13.7. The summed E-state index contributed by atoms with van der Waals surface area (Å²) in [4.78, 5) is 71.6. The normalized spacial score (nSPS) is 16.7. The first-order valence-corrected chi connectivity index (χ1v) is 14.9. The lowest BCUT2D eigenvalue weighted by Gasteiger charge is -2.28. The molecule has 0 spiro atoms. The molecule has 0 radical (unpaired) electrons. The number of carboxylic acids is 1. The number of benzene rings is 2. The van der Waals surface area contributed by atoms with Gasteiger partial charge in [-0.1, -0.05) is 36.4 Å². The van der Waals surface area contributed by atoms with Crippen molar-refractivity contribution in [3.8, 4) is 0 Å². The summed E-state index contributed by atoms with van der Waals surface area (Å²) in [6.07, 6.45) is 4.40. The number of aromatic nitrogens is 2. The Bertz CT molecular complexity index is 1730. The molecular formula is C32H37N7O6. The monoisotopic (exact) mass is 615 g/mol. The number of hydrogen-bond donors (Lipinski definition) is 7. The minimum absolute atomic E-state index is 0.0461. The van der Waals surface area contributed by atoms with Crippen LogP contribution in [0.2, 0.25) is 0 Å². The van der Waals surface area contributed by atoms with Crippen molar-refractivity contribution in [3.05, 3.63) is 72.1 Å². The van der Waals surface area contributed by atoms with E-state index in [9.17, 15) is 29.1 Å². The second-order valence-electron chi connectivity index (χ2n) is 11.4. The molecule has 4 amide bonds. The van der Waals surface area contributed by atoms with E-state index < -0.39 is 47.9 Å². The zero-order chi connectivity index (χ0) is 32.1. The lowest BCUT2D eigenvalue weighted by molar-refractivity contribution is -0.143. The van der Waals surface area contributed by atoms with Gasteiger partial charge in [0, 0.05) is 53.6 Å². The van der Waals surface area contributed by atoms with Crippen molar-refractivity contribution in [1.82, 2.24) is 25.5 Å². The van der Waals surface area contributed by atoms with Crippen molar-refractivity contribution >= 4 is 51.4 Å². The van der Waals surface area contributed by atoms with E-state index in [4.69, 9.17) is 11.5 Å². The van der Waals surface area contributed by atoms with Crippen LogP contribution >= 0.6 is 0 Å². The third-order valence-electron chi connectivity index (χ3n) is 8.30. The van der Waals surface area contributed by atoms with Gasteiger partial charge in [-0.15, -0.1) is 0 Å². The Balaban J connectivity index is 1.32. The first-order valence-electron chi connectivity index (χ1n) is 14.9. The molecule has 45 heavy (non-hydrogen) atoms. The fraction of sp³-hybridized carbons (Fsp3) is 0.344. The standard InChI is InChI=1S/C32H37N7O6/c33-22(14-18-16-35-23-8-3-1-6-20(18)23)31(43)39-13-5-10-27(39)30(42)38-26(15-19-17-36-24-9-4-2-7-21(19)24)29(41)37-25(32(44)45)11-12-28(34)40/h1-4,6-9,16-17,22,25-27,35-36H,5,10-15,33H2,(H2,34,40)(H,37,41)(H,38,42)(H,44,45). The number of aliphatic carboxylic acids is 1. The zero-order valence-electron chi connectivity index (χ0n) is 24.6. The quantitative estimate of drug-likeness (QED) is 0.116. The number of rotatable bonds is 13. The highest BCUT2D eigenvalue weighted by atomic mass is 16.4. The number of fused-ring (bicyclic) bond motifs is 2. The van der Waals surface area contributed by atoms with Crippen molar-refractivity contribution in [2.75, 3.05) is 6.54 Å². The van der Waals surface area contributed by atoms with Gasteiger partial charge < -0.3 is 42.1 Å². The number of aromatic amines is 2. The number of carbonyl (C=O) groups excluding carboxylic acids is 4. The first-order chi connectivity index (χ1) is 21.6. The molecule has 2 aromatic carbocycles. The Morgan fingerprint density at radius 2 is 1.49 bits per heavy atom. The molecule has 236 valence electrons. The summed E-state index contributed by atoms with van der Waals surface area (Å²) in [7, 11) is 0. The Kier molecular flexibility index (Phi) is 9.48. The number of carboxylic acid groups (broad SMARTS) is 1. The minimum atomic E-state index is -1.39. The number of hydrogen-bond acceptors (Lipinski definition) is 6. The van der Waals surface area contributed by atoms with E-state index in [2.05, 4.69) is 20.6 Å². The van der Waals surface area contributed by atoms with Crippen LogP contribution < -0.4 is 22.1 Å². The predicted octanol–water partition coefficient (Wildman–Crippen LogP) is 1.07. The van der Waals surface area contributed by atoms with Gasteiger partial charge in [0.1, 0.15) is 18.1 Å². The number of para-hydroxylation sites is 2. The summed E-state index contributed by atoms with van der Waals surface area (Å²) >= 11 is 0. The highest BCUT2D eigenvalue weighted by Crippen LogP contribution is 2.23. The average molecular weight is 616 g/mol. The fourth-order valence-corrected chi connectivity index (χ4v) is 5.95. The van der Waals surface area contributed by atoms with E-state index in [-0.39, 0.29) is 31.6 Å². The van der Waals surface area contributed by atoms with Crippen LogP contribution in [0.15, 0.2) is 60.9 Å². The summed E-state index contributed by atoms with van der Waals surface area (Å²) in [6, 6.07) is 10.9. The van der Waals surface area contributed by atoms with Crippen LogP contribution in [0.5, 0.6) is 0 Å². The minimum Gasteiger partial charge on any atom is -0.480 e. The molecule has 1 aliphatic rings. The summed E-state index contributed by atoms with van der Waals surface area (Å²) < 4.78 is 0. The van der Waals surface area contributed by atoms with Gasteiger partial charge in [0.2, 0.25) is 23.6 Å². The summed E-state index contributed by atoms with van der Waals surface area (Å²) in [5.74, 6) is -3.68. The Morgan fingerprint density at radius 3 is 2.09 bits per heavy atom. The molecule has 2 aromatic heterocycles. The van der Waals surface area contributed by atoms with Crippen LogP contribution in [-0.2, 0) is 36.8 Å². The van der Waals surface area contributed by atoms with Gasteiger partial charge in [0.25, 0.3) is 0 Å². The second-order valence-corrected chi connectivity index (χ2v) is 11.4. The molecule has 4 atom stereocenters. The summed E-state index contributed by atoms with van der Waals surface area (Å²) in [5.41, 5.74) is 15.0. The van der Waals surface area contributed by atoms with E-state index in [1.165, 1.54) is 4.90 Å². The largest absolute Gasteiger partial charge is 0.480 e. The third-order valence-corrected chi connectivity index (χ3v) is 8.30. The lowest BCUT2D eigenvalue weighted by Crippen LogP contribution is -2.57. The number of likely N-dealkylation sites (tertiary alicyclic amines) is 1. The molecular weight excluding hydrogens is 578 g/mol. The van der Waals surface area contributed by atoms with Crippen molar-refractivity contribution in [3.63, 3.8) is 0 Å². The highest BCUT2D eigenvalue weighted by Gasteiger charge is 2.38. The van der Waals surface area contributed by atoms with Gasteiger partial charge in [-0.25, -0.2) is 4.79 Å². The average Bonchev–Trinajstić information content (AvgIpc) is 3.77. The Labute approximate surface area is 258 Å². The molecule has 4 aromatic rings. The van der Waals surface area contributed by atoms with Crippen LogP contribution in [0.3, 0.4) is 0 Å². The van der Waals surface area contributed by atoms with Crippen molar-refractivity contribution in [2.24, 2.45) is 11.5 Å². The molecule has 0 bridgehead atoms. The van der Waals surface area contributed by atoms with Gasteiger partial charge in [0.15, 0.2) is 0 Å². The van der Waals surface area contributed by atoms with Crippen LogP contribution in [0.25, 0.3) is 21.8 Å². The molecule has 4 unspecified atom stereocenters. The van der Waals surface area contributed by atoms with Crippen LogP contribution in [0.4, 0.5) is 0 Å². The molecule has 13 heteroatoms. The Morgan fingerprint density at radius 1 is 0.889 bits per heavy atom. The van der Waals surface area contributed by atoms with Gasteiger partial charge in [-0.2, -0.15) is 0 Å². The number of H-pyrrole nitrogens is 2. The van der Waals surface area contributed by atoms with E-state index in [1.54, 1.807) is 6.20 Å². The smallest absolute Gasteiger partial charge is 0.326 e. The van der Waals surface area contributed by atoms with Gasteiger partial charge >= 0.3 is 5.97 Å². The summed E-state index contributed by atoms with van der Waals surface area (Å²) in [6.45, 7) is 0.339. The van der Waals surface area contributed by atoms with E-state index in [1.807, 2.05) is 54.7 Å². The number of carbonyl (C=O) groups is 5. The van der Waals surface area contributed by atoms with E-state index in [0.717, 1.165) is 32.9 Å². The maximum absolute atomic E-state index is 13.7. The molecule has 5 rings (SSSR count). The molecule has 1 saturated heterocycles. The Hall–Kier alpha value is -5.17. The van der Waals surface area contributed by atoms with Crippen molar-refractivity contribution in [2.45, 2.75) is 62.7 Å². The van der Waals surface area contributed by atoms with Crippen molar-refractivity contribution < 1.29 is 29.1 Å². The summed E-state index contributed by atoms with van der Waals surface area (Å²) in [5, 5.41) is 16.7. The number of nitrogens with zero attached hydrogens (tertiary/aromatic N) is 1. The predicted molar refractivity (Wildman–Crippen MR) is 167 cm³/mol. The second kappa shape index (κ2) is 13.6.